The molecule has 4 nitrogen and oxygen atoms in total. The Bertz CT molecular complexity index is 460. The van der Waals surface area contributed by atoms with Crippen molar-refractivity contribution in [3.8, 4) is 5.75 Å². The van der Waals surface area contributed by atoms with Gasteiger partial charge in [-0.05, 0) is 26.8 Å². The first-order chi connectivity index (χ1) is 7.24. The van der Waals surface area contributed by atoms with Crippen LogP contribution >= 0.6 is 0 Å². The van der Waals surface area contributed by atoms with Gasteiger partial charge in [-0.25, -0.2) is 13.1 Å². The van der Waals surface area contributed by atoms with E-state index in [-0.39, 0.29) is 12.3 Å². The van der Waals surface area contributed by atoms with Crippen molar-refractivity contribution in [2.24, 2.45) is 0 Å². The summed E-state index contributed by atoms with van der Waals surface area (Å²) >= 11 is 0. The summed E-state index contributed by atoms with van der Waals surface area (Å²) in [5.41, 5.74) is 0.565. The van der Waals surface area contributed by atoms with Crippen LogP contribution in [0, 0.1) is 0 Å². The molecule has 0 atom stereocenters. The van der Waals surface area contributed by atoms with E-state index in [1.165, 1.54) is 6.07 Å². The van der Waals surface area contributed by atoms with E-state index in [9.17, 15) is 13.5 Å². The Morgan fingerprint density at radius 1 is 1.25 bits per heavy atom. The zero-order valence-electron chi connectivity index (χ0n) is 9.69. The lowest BCUT2D eigenvalue weighted by atomic mass is 10.2. The van der Waals surface area contributed by atoms with Crippen LogP contribution in [0.3, 0.4) is 0 Å². The van der Waals surface area contributed by atoms with Crippen LogP contribution in [0.2, 0.25) is 0 Å². The van der Waals surface area contributed by atoms with Crippen LogP contribution in [0.15, 0.2) is 24.3 Å². The van der Waals surface area contributed by atoms with Crippen molar-refractivity contribution in [1.29, 1.82) is 0 Å². The SMILES string of the molecule is CC(C)(C)S(=O)(=O)NCc1ccccc1O. The summed E-state index contributed by atoms with van der Waals surface area (Å²) in [5, 5.41) is 9.48. The summed E-state index contributed by atoms with van der Waals surface area (Å²) in [5.74, 6) is 0.0964. The van der Waals surface area contributed by atoms with Crippen molar-refractivity contribution >= 4 is 10.0 Å². The van der Waals surface area contributed by atoms with Crippen LogP contribution < -0.4 is 4.72 Å². The summed E-state index contributed by atoms with van der Waals surface area (Å²) < 4.78 is 25.1. The lowest BCUT2D eigenvalue weighted by molar-refractivity contribution is 0.466. The number of phenols is 1. The van der Waals surface area contributed by atoms with Gasteiger partial charge < -0.3 is 5.11 Å². The van der Waals surface area contributed by atoms with Crippen LogP contribution in [0.1, 0.15) is 26.3 Å². The Morgan fingerprint density at radius 3 is 2.31 bits per heavy atom. The summed E-state index contributed by atoms with van der Waals surface area (Å²) in [6.07, 6.45) is 0. The van der Waals surface area contributed by atoms with Gasteiger partial charge in [0.2, 0.25) is 10.0 Å². The fourth-order valence-electron chi connectivity index (χ4n) is 1.05. The second kappa shape index (κ2) is 4.43. The number of aromatic hydroxyl groups is 1. The molecule has 0 heterocycles. The first-order valence-electron chi connectivity index (χ1n) is 5.00. The van der Waals surface area contributed by atoms with Crippen molar-refractivity contribution in [1.82, 2.24) is 4.72 Å². The van der Waals surface area contributed by atoms with Gasteiger partial charge in [-0.1, -0.05) is 18.2 Å². The number of para-hydroxylation sites is 1. The van der Waals surface area contributed by atoms with Crippen molar-refractivity contribution in [2.45, 2.75) is 32.1 Å². The molecule has 1 aromatic rings. The van der Waals surface area contributed by atoms with Gasteiger partial charge in [0.1, 0.15) is 5.75 Å². The molecule has 0 amide bonds. The van der Waals surface area contributed by atoms with Gasteiger partial charge in [-0.3, -0.25) is 0 Å². The van der Waals surface area contributed by atoms with E-state index in [2.05, 4.69) is 4.72 Å². The molecular weight excluding hydrogens is 226 g/mol. The maximum Gasteiger partial charge on any atom is 0.216 e. The highest BCUT2D eigenvalue weighted by Crippen LogP contribution is 2.18. The van der Waals surface area contributed by atoms with E-state index >= 15 is 0 Å². The number of rotatable bonds is 3. The van der Waals surface area contributed by atoms with Crippen molar-refractivity contribution in [3.05, 3.63) is 29.8 Å². The minimum Gasteiger partial charge on any atom is -0.508 e. The molecule has 0 aromatic heterocycles. The quantitative estimate of drug-likeness (QED) is 0.847. The number of sulfonamides is 1. The standard InChI is InChI=1S/C11H17NO3S/c1-11(2,3)16(14,15)12-8-9-6-4-5-7-10(9)13/h4-7,12-13H,8H2,1-3H3. The molecule has 16 heavy (non-hydrogen) atoms. The van der Waals surface area contributed by atoms with E-state index in [1.807, 2.05) is 0 Å². The lowest BCUT2D eigenvalue weighted by Gasteiger charge is -2.19. The monoisotopic (exact) mass is 243 g/mol. The minimum absolute atomic E-state index is 0.0964. The molecule has 0 unspecified atom stereocenters. The molecule has 0 saturated heterocycles. The number of benzene rings is 1. The van der Waals surface area contributed by atoms with Crippen molar-refractivity contribution in [2.75, 3.05) is 0 Å². The van der Waals surface area contributed by atoms with Crippen LogP contribution in [0.5, 0.6) is 5.75 Å². The molecule has 0 spiro atoms. The second-order valence-corrected chi connectivity index (χ2v) is 7.09. The Balaban J connectivity index is 2.77. The average molecular weight is 243 g/mol. The Hall–Kier alpha value is -1.07. The number of nitrogens with one attached hydrogen (secondary N) is 1. The van der Waals surface area contributed by atoms with E-state index in [0.717, 1.165) is 0 Å². The van der Waals surface area contributed by atoms with Gasteiger partial charge in [0, 0.05) is 12.1 Å². The first-order valence-corrected chi connectivity index (χ1v) is 6.48. The third-order valence-electron chi connectivity index (χ3n) is 2.25. The third-order valence-corrected chi connectivity index (χ3v) is 4.39. The predicted molar refractivity (Wildman–Crippen MR) is 63.6 cm³/mol. The summed E-state index contributed by atoms with van der Waals surface area (Å²) in [7, 11) is -3.37. The van der Waals surface area contributed by atoms with Gasteiger partial charge in [0.25, 0.3) is 0 Å². The van der Waals surface area contributed by atoms with Crippen molar-refractivity contribution < 1.29 is 13.5 Å². The van der Waals surface area contributed by atoms with E-state index in [1.54, 1.807) is 39.0 Å². The molecule has 0 fully saturated rings. The normalized spacial score (nSPS) is 12.7. The topological polar surface area (TPSA) is 66.4 Å². The molecule has 0 bridgehead atoms. The molecule has 90 valence electrons. The van der Waals surface area contributed by atoms with E-state index < -0.39 is 14.8 Å². The molecule has 5 heteroatoms. The van der Waals surface area contributed by atoms with Gasteiger partial charge in [-0.2, -0.15) is 0 Å². The van der Waals surface area contributed by atoms with E-state index in [0.29, 0.717) is 5.56 Å². The fourth-order valence-corrected chi connectivity index (χ4v) is 1.83. The Kier molecular flexibility index (Phi) is 3.60. The molecule has 2 N–H and O–H groups in total. The Morgan fingerprint density at radius 2 is 1.81 bits per heavy atom. The molecule has 1 rings (SSSR count). The Labute approximate surface area is 96.4 Å². The highest BCUT2D eigenvalue weighted by atomic mass is 32.2. The van der Waals surface area contributed by atoms with Crippen LogP contribution in [0.25, 0.3) is 0 Å². The molecule has 0 saturated carbocycles. The molecular formula is C11H17NO3S. The maximum atomic E-state index is 11.7. The fraction of sp³-hybridized carbons (Fsp3) is 0.455. The molecule has 0 aliphatic carbocycles. The van der Waals surface area contributed by atoms with Gasteiger partial charge in [0.15, 0.2) is 0 Å². The first kappa shape index (κ1) is 13.0. The van der Waals surface area contributed by atoms with Crippen molar-refractivity contribution in [3.63, 3.8) is 0 Å². The highest BCUT2D eigenvalue weighted by Gasteiger charge is 2.28. The lowest BCUT2D eigenvalue weighted by Crippen LogP contribution is -2.38. The van der Waals surface area contributed by atoms with Crippen LogP contribution in [0.4, 0.5) is 0 Å². The van der Waals surface area contributed by atoms with Gasteiger partial charge >= 0.3 is 0 Å². The summed E-state index contributed by atoms with van der Waals surface area (Å²) in [4.78, 5) is 0. The third kappa shape index (κ3) is 2.96. The minimum atomic E-state index is -3.37. The molecule has 0 radical (unpaired) electrons. The zero-order chi connectivity index (χ0) is 12.4. The van der Waals surface area contributed by atoms with Crippen LogP contribution in [-0.4, -0.2) is 18.3 Å². The number of phenolic OH excluding ortho intramolecular Hbond substituents is 1. The average Bonchev–Trinajstić information content (AvgIpc) is 2.15. The summed E-state index contributed by atoms with van der Waals surface area (Å²) in [6.45, 7) is 4.98. The zero-order valence-corrected chi connectivity index (χ0v) is 10.5. The second-order valence-electron chi connectivity index (χ2n) is 4.57. The van der Waals surface area contributed by atoms with Crippen LogP contribution in [-0.2, 0) is 16.6 Å². The maximum absolute atomic E-state index is 11.7. The highest BCUT2D eigenvalue weighted by molar-refractivity contribution is 7.90. The largest absolute Gasteiger partial charge is 0.508 e. The van der Waals surface area contributed by atoms with Gasteiger partial charge in [-0.15, -0.1) is 0 Å². The summed E-state index contributed by atoms with van der Waals surface area (Å²) in [6, 6.07) is 6.65. The molecule has 1 aromatic carbocycles. The molecule has 0 aliphatic heterocycles. The number of hydrogen-bond acceptors (Lipinski definition) is 3. The number of hydrogen-bond donors (Lipinski definition) is 2. The smallest absolute Gasteiger partial charge is 0.216 e. The molecule has 0 aliphatic rings. The predicted octanol–water partition coefficient (Wildman–Crippen LogP) is 1.61. The van der Waals surface area contributed by atoms with Gasteiger partial charge in [0.05, 0.1) is 4.75 Å². The van der Waals surface area contributed by atoms with E-state index in [4.69, 9.17) is 0 Å².